The second kappa shape index (κ2) is 5.21. The van der Waals surface area contributed by atoms with Gasteiger partial charge in [-0.3, -0.25) is 19.4 Å². The van der Waals surface area contributed by atoms with Crippen LogP contribution >= 0.6 is 15.9 Å². The minimum Gasteiger partial charge on any atom is -0.297 e. The summed E-state index contributed by atoms with van der Waals surface area (Å²) in [7, 11) is 0. The molecule has 2 unspecified atom stereocenters. The van der Waals surface area contributed by atoms with Crippen LogP contribution in [0.5, 0.6) is 0 Å². The van der Waals surface area contributed by atoms with E-state index in [2.05, 4.69) is 20.9 Å². The SMILES string of the molecule is O=C(CBr)CN=C1C(=O)C2CCCCC2C1=O. The highest BCUT2D eigenvalue weighted by Crippen LogP contribution is 2.36. The van der Waals surface area contributed by atoms with Gasteiger partial charge in [0.2, 0.25) is 0 Å². The Kier molecular flexibility index (Phi) is 3.86. The summed E-state index contributed by atoms with van der Waals surface area (Å²) in [6.07, 6.45) is 3.60. The van der Waals surface area contributed by atoms with E-state index in [1.807, 2.05) is 0 Å². The summed E-state index contributed by atoms with van der Waals surface area (Å²) in [6.45, 7) is -0.0719. The average Bonchev–Trinajstić information content (AvgIpc) is 2.60. The number of alkyl halides is 1. The van der Waals surface area contributed by atoms with Crippen LogP contribution in [0.1, 0.15) is 25.7 Å². The Balaban J connectivity index is 2.15. The van der Waals surface area contributed by atoms with Crippen molar-refractivity contribution in [2.75, 3.05) is 11.9 Å². The van der Waals surface area contributed by atoms with Gasteiger partial charge in [0.1, 0.15) is 5.71 Å². The molecule has 2 atom stereocenters. The molecular weight excluding hydrogens is 286 g/mol. The molecule has 2 rings (SSSR count). The zero-order chi connectivity index (χ0) is 12.4. The standard InChI is InChI=1S/C12H14BrNO3/c13-5-7(15)6-14-10-11(16)8-3-1-2-4-9(8)12(10)17/h8-9H,1-6H2. The van der Waals surface area contributed by atoms with Crippen LogP contribution in [0.15, 0.2) is 4.99 Å². The zero-order valence-corrected chi connectivity index (χ0v) is 11.0. The van der Waals surface area contributed by atoms with E-state index in [0.717, 1.165) is 25.7 Å². The fraction of sp³-hybridized carbons (Fsp3) is 0.667. The average molecular weight is 300 g/mol. The van der Waals surface area contributed by atoms with Crippen LogP contribution in [0.2, 0.25) is 0 Å². The van der Waals surface area contributed by atoms with Gasteiger partial charge in [0.15, 0.2) is 17.3 Å². The van der Waals surface area contributed by atoms with Crippen LogP contribution in [-0.2, 0) is 14.4 Å². The van der Waals surface area contributed by atoms with Gasteiger partial charge < -0.3 is 0 Å². The molecule has 0 heterocycles. The number of carbonyl (C=O) groups is 3. The molecule has 0 bridgehead atoms. The predicted octanol–water partition coefficient (Wildman–Crippen LogP) is 1.35. The van der Waals surface area contributed by atoms with Gasteiger partial charge in [-0.1, -0.05) is 28.8 Å². The summed E-state index contributed by atoms with van der Waals surface area (Å²) in [5, 5.41) is 0.207. The van der Waals surface area contributed by atoms with Crippen LogP contribution < -0.4 is 0 Å². The van der Waals surface area contributed by atoms with Gasteiger partial charge in [0.05, 0.1) is 11.9 Å². The Labute approximate surface area is 108 Å². The summed E-state index contributed by atoms with van der Waals surface area (Å²) in [6, 6.07) is 0. The molecule has 0 aromatic heterocycles. The molecule has 5 heteroatoms. The molecule has 92 valence electrons. The number of fused-ring (bicyclic) bond motifs is 1. The van der Waals surface area contributed by atoms with Crippen LogP contribution in [0.4, 0.5) is 0 Å². The molecule has 2 aliphatic rings. The monoisotopic (exact) mass is 299 g/mol. The van der Waals surface area contributed by atoms with Gasteiger partial charge >= 0.3 is 0 Å². The van der Waals surface area contributed by atoms with Crippen LogP contribution in [0.25, 0.3) is 0 Å². The Morgan fingerprint density at radius 1 is 1.18 bits per heavy atom. The Morgan fingerprint density at radius 2 is 1.71 bits per heavy atom. The fourth-order valence-electron chi connectivity index (χ4n) is 2.60. The fourth-order valence-corrected chi connectivity index (χ4v) is 2.77. The quantitative estimate of drug-likeness (QED) is 0.739. The molecule has 2 aliphatic carbocycles. The molecule has 17 heavy (non-hydrogen) atoms. The topological polar surface area (TPSA) is 63.6 Å². The second-order valence-corrected chi connectivity index (χ2v) is 5.12. The minimum absolute atomic E-state index is 0.0381. The molecule has 0 amide bonds. The van der Waals surface area contributed by atoms with E-state index in [9.17, 15) is 14.4 Å². The molecule has 0 N–H and O–H groups in total. The molecule has 0 aliphatic heterocycles. The van der Waals surface area contributed by atoms with Crippen molar-refractivity contribution in [3.8, 4) is 0 Å². The third-order valence-corrected chi connectivity index (χ3v) is 4.09. The predicted molar refractivity (Wildman–Crippen MR) is 66.6 cm³/mol. The van der Waals surface area contributed by atoms with Crippen molar-refractivity contribution in [3.05, 3.63) is 0 Å². The molecule has 2 saturated carbocycles. The summed E-state index contributed by atoms with van der Waals surface area (Å²) in [4.78, 5) is 39.0. The van der Waals surface area contributed by atoms with E-state index in [0.29, 0.717) is 0 Å². The lowest BCUT2D eigenvalue weighted by Gasteiger charge is -2.20. The van der Waals surface area contributed by atoms with Crippen molar-refractivity contribution in [1.29, 1.82) is 0 Å². The van der Waals surface area contributed by atoms with Crippen LogP contribution in [0, 0.1) is 11.8 Å². The maximum atomic E-state index is 12.0. The summed E-state index contributed by atoms with van der Waals surface area (Å²) in [5.41, 5.74) is 0.0381. The van der Waals surface area contributed by atoms with Gasteiger partial charge in [-0.25, -0.2) is 0 Å². The number of carbonyl (C=O) groups excluding carboxylic acids is 3. The number of hydrogen-bond acceptors (Lipinski definition) is 4. The summed E-state index contributed by atoms with van der Waals surface area (Å²) in [5.74, 6) is -0.708. The van der Waals surface area contributed by atoms with Crippen molar-refractivity contribution < 1.29 is 14.4 Å². The number of halogens is 1. The smallest absolute Gasteiger partial charge is 0.188 e. The minimum atomic E-state index is -0.158. The largest absolute Gasteiger partial charge is 0.297 e. The van der Waals surface area contributed by atoms with Gasteiger partial charge in [-0.2, -0.15) is 0 Å². The Morgan fingerprint density at radius 3 is 2.18 bits per heavy atom. The number of hydrogen-bond donors (Lipinski definition) is 0. The van der Waals surface area contributed by atoms with E-state index in [4.69, 9.17) is 0 Å². The summed E-state index contributed by atoms with van der Waals surface area (Å²) >= 11 is 3.03. The highest BCUT2D eigenvalue weighted by Gasteiger charge is 2.47. The van der Waals surface area contributed by atoms with Crippen molar-refractivity contribution in [1.82, 2.24) is 0 Å². The van der Waals surface area contributed by atoms with Gasteiger partial charge in [0, 0.05) is 11.8 Å². The lowest BCUT2D eigenvalue weighted by atomic mass is 9.81. The molecule has 0 radical (unpaired) electrons. The Hall–Kier alpha value is -0.840. The first kappa shape index (κ1) is 12.6. The van der Waals surface area contributed by atoms with Crippen molar-refractivity contribution >= 4 is 39.0 Å². The second-order valence-electron chi connectivity index (χ2n) is 4.56. The maximum absolute atomic E-state index is 12.0. The first-order valence-corrected chi connectivity index (χ1v) is 6.98. The van der Waals surface area contributed by atoms with Crippen LogP contribution in [-0.4, -0.2) is 34.9 Å². The van der Waals surface area contributed by atoms with E-state index < -0.39 is 0 Å². The van der Waals surface area contributed by atoms with Crippen molar-refractivity contribution in [2.45, 2.75) is 25.7 Å². The normalized spacial score (nSPS) is 28.2. The number of ketones is 3. The zero-order valence-electron chi connectivity index (χ0n) is 9.45. The van der Waals surface area contributed by atoms with Crippen molar-refractivity contribution in [3.63, 3.8) is 0 Å². The first-order valence-electron chi connectivity index (χ1n) is 5.85. The lowest BCUT2D eigenvalue weighted by molar-refractivity contribution is -0.120. The maximum Gasteiger partial charge on any atom is 0.188 e. The first-order chi connectivity index (χ1) is 8.15. The molecule has 4 nitrogen and oxygen atoms in total. The summed E-state index contributed by atoms with van der Waals surface area (Å²) < 4.78 is 0. The molecular formula is C12H14BrNO3. The van der Waals surface area contributed by atoms with Crippen molar-refractivity contribution in [2.24, 2.45) is 16.8 Å². The third-order valence-electron chi connectivity index (χ3n) is 3.47. The highest BCUT2D eigenvalue weighted by atomic mass is 79.9. The molecule has 0 spiro atoms. The Bertz CT molecular complexity index is 377. The third kappa shape index (κ3) is 2.39. The van der Waals surface area contributed by atoms with Gasteiger partial charge in [-0.05, 0) is 12.8 Å². The van der Waals surface area contributed by atoms with E-state index in [1.165, 1.54) is 0 Å². The lowest BCUT2D eigenvalue weighted by Crippen LogP contribution is -2.21. The molecule has 0 saturated heterocycles. The number of aliphatic imine (C=N–C) groups is 1. The van der Waals surface area contributed by atoms with E-state index >= 15 is 0 Å². The molecule has 0 aromatic carbocycles. The molecule has 0 aromatic rings. The molecule has 2 fully saturated rings. The van der Waals surface area contributed by atoms with Gasteiger partial charge in [0.25, 0.3) is 0 Å². The van der Waals surface area contributed by atoms with Crippen LogP contribution in [0.3, 0.4) is 0 Å². The highest BCUT2D eigenvalue weighted by molar-refractivity contribution is 9.09. The number of Topliss-reactive ketones (excluding diaryl/α,β-unsaturated/α-hetero) is 3. The van der Waals surface area contributed by atoms with E-state index in [1.54, 1.807) is 0 Å². The van der Waals surface area contributed by atoms with Gasteiger partial charge in [-0.15, -0.1) is 0 Å². The number of nitrogens with zero attached hydrogens (tertiary/aromatic N) is 1. The van der Waals surface area contributed by atoms with E-state index in [-0.39, 0.29) is 46.8 Å². The number of rotatable bonds is 3.